The molecule has 1 saturated carbocycles. The first-order valence-electron chi connectivity index (χ1n) is 8.59. The zero-order chi connectivity index (χ0) is 17.7. The van der Waals surface area contributed by atoms with Crippen LogP contribution in [0.4, 0.5) is 15.7 Å². The maximum absolute atomic E-state index is 12.3. The lowest BCUT2D eigenvalue weighted by atomic mass is 10.1. The van der Waals surface area contributed by atoms with Gasteiger partial charge < -0.3 is 9.80 Å². The van der Waals surface area contributed by atoms with E-state index in [1.807, 2.05) is 29.1 Å². The Morgan fingerprint density at radius 2 is 2.15 bits per heavy atom. The van der Waals surface area contributed by atoms with Crippen molar-refractivity contribution in [1.82, 2.24) is 29.7 Å². The first kappa shape index (κ1) is 15.5. The quantitative estimate of drug-likeness (QED) is 0.753. The van der Waals surface area contributed by atoms with Crippen molar-refractivity contribution in [3.63, 3.8) is 0 Å². The first-order chi connectivity index (χ1) is 12.7. The minimum Gasteiger partial charge on any atom is -0.351 e. The number of rotatable bonds is 4. The van der Waals surface area contributed by atoms with E-state index >= 15 is 0 Å². The lowest BCUT2D eigenvalue weighted by molar-refractivity contribution is 0.191. The molecule has 0 radical (unpaired) electrons. The molecule has 134 valence electrons. The third-order valence-electron chi connectivity index (χ3n) is 4.92. The van der Waals surface area contributed by atoms with Crippen LogP contribution >= 0.6 is 11.3 Å². The van der Waals surface area contributed by atoms with Crippen LogP contribution in [0.25, 0.3) is 5.65 Å². The first-order valence-corrected chi connectivity index (χ1v) is 9.47. The Morgan fingerprint density at radius 1 is 1.31 bits per heavy atom. The predicted octanol–water partition coefficient (Wildman–Crippen LogP) is 1.81. The number of likely N-dealkylation sites (N-methyl/N-ethyl adjacent to an activating group) is 1. The molecule has 0 atom stereocenters. The predicted molar refractivity (Wildman–Crippen MR) is 97.7 cm³/mol. The third-order valence-corrected chi connectivity index (χ3v) is 5.60. The minimum atomic E-state index is -0.136. The Morgan fingerprint density at radius 3 is 2.88 bits per heavy atom. The van der Waals surface area contributed by atoms with E-state index in [1.165, 1.54) is 11.3 Å². The number of carbonyl (C=O) groups excluding carboxylic acids is 1. The van der Waals surface area contributed by atoms with Gasteiger partial charge in [-0.15, -0.1) is 26.6 Å². The van der Waals surface area contributed by atoms with Crippen LogP contribution in [0.1, 0.15) is 24.6 Å². The maximum Gasteiger partial charge on any atom is 0.323 e. The Bertz CT molecular complexity index is 944. The number of nitrogens with one attached hydrogen (secondary N) is 1. The minimum absolute atomic E-state index is 0.136. The Kier molecular flexibility index (Phi) is 3.52. The Hall–Kier alpha value is -2.75. The number of carbonyl (C=O) groups is 1. The number of hydrogen-bond acceptors (Lipinski definition) is 7. The molecule has 1 aliphatic heterocycles. The van der Waals surface area contributed by atoms with Gasteiger partial charge in [0.25, 0.3) is 0 Å². The SMILES string of the molecule is CN(C(=O)Nc1nccs1)C1CN(c2ccc3nnc(C4CC4)n3n2)C1. The lowest BCUT2D eigenvalue weighted by Crippen LogP contribution is -2.60. The second-order valence-electron chi connectivity index (χ2n) is 6.73. The molecule has 1 aliphatic carbocycles. The van der Waals surface area contributed by atoms with Crippen molar-refractivity contribution in [2.24, 2.45) is 0 Å². The van der Waals surface area contributed by atoms with E-state index in [0.717, 1.165) is 43.2 Å². The average Bonchev–Trinajstić information content (AvgIpc) is 3.15. The molecule has 2 amide bonds. The molecule has 1 saturated heterocycles. The van der Waals surface area contributed by atoms with E-state index < -0.39 is 0 Å². The molecule has 3 aromatic rings. The average molecular weight is 370 g/mol. The Balaban J connectivity index is 1.25. The number of thiazole rings is 1. The van der Waals surface area contributed by atoms with Crippen molar-refractivity contribution in [2.75, 3.05) is 30.4 Å². The summed E-state index contributed by atoms with van der Waals surface area (Å²) in [7, 11) is 1.81. The zero-order valence-corrected chi connectivity index (χ0v) is 15.1. The second kappa shape index (κ2) is 5.90. The normalized spacial score (nSPS) is 17.3. The van der Waals surface area contributed by atoms with Crippen LogP contribution in [0, 0.1) is 0 Å². The number of fused-ring (bicyclic) bond motifs is 1. The summed E-state index contributed by atoms with van der Waals surface area (Å²) in [5.74, 6) is 2.35. The van der Waals surface area contributed by atoms with Gasteiger partial charge in [-0.2, -0.15) is 4.52 Å². The van der Waals surface area contributed by atoms with E-state index in [-0.39, 0.29) is 12.1 Å². The summed E-state index contributed by atoms with van der Waals surface area (Å²) in [5, 5.41) is 18.4. The number of anilines is 2. The van der Waals surface area contributed by atoms with Crippen LogP contribution in [-0.2, 0) is 0 Å². The molecule has 0 unspecified atom stereocenters. The van der Waals surface area contributed by atoms with Gasteiger partial charge in [0.2, 0.25) is 0 Å². The highest BCUT2D eigenvalue weighted by molar-refractivity contribution is 7.13. The van der Waals surface area contributed by atoms with Gasteiger partial charge in [-0.1, -0.05) is 0 Å². The van der Waals surface area contributed by atoms with Gasteiger partial charge in [0.05, 0.1) is 6.04 Å². The summed E-state index contributed by atoms with van der Waals surface area (Å²) in [4.78, 5) is 20.2. The van der Waals surface area contributed by atoms with Gasteiger partial charge in [-0.05, 0) is 25.0 Å². The van der Waals surface area contributed by atoms with Crippen LogP contribution in [0.3, 0.4) is 0 Å². The van der Waals surface area contributed by atoms with Gasteiger partial charge in [0.15, 0.2) is 16.6 Å². The second-order valence-corrected chi connectivity index (χ2v) is 7.63. The molecule has 2 aliphatic rings. The standard InChI is InChI=1S/C16H18N8OS/c1-22(16(25)18-15-17-6-7-26-15)11-8-23(9-11)13-5-4-12-19-20-14(10-2-3-10)24(12)21-13/h4-7,10-11H,2-3,8-9H2,1H3,(H,17,18,25). The summed E-state index contributed by atoms with van der Waals surface area (Å²) in [6, 6.07) is 3.93. The number of nitrogens with zero attached hydrogens (tertiary/aromatic N) is 7. The molecule has 4 heterocycles. The molecule has 2 fully saturated rings. The van der Waals surface area contributed by atoms with E-state index in [1.54, 1.807) is 11.1 Å². The lowest BCUT2D eigenvalue weighted by Gasteiger charge is -2.44. The van der Waals surface area contributed by atoms with E-state index in [0.29, 0.717) is 11.0 Å². The Labute approximate surface area is 153 Å². The molecule has 26 heavy (non-hydrogen) atoms. The molecule has 3 aromatic heterocycles. The van der Waals surface area contributed by atoms with Crippen molar-refractivity contribution >= 4 is 34.0 Å². The van der Waals surface area contributed by atoms with E-state index in [2.05, 4.69) is 25.4 Å². The van der Waals surface area contributed by atoms with Crippen LogP contribution in [-0.4, -0.2) is 61.9 Å². The molecule has 0 bridgehead atoms. The molecule has 0 aromatic carbocycles. The van der Waals surface area contributed by atoms with Crippen LogP contribution in [0.15, 0.2) is 23.7 Å². The zero-order valence-electron chi connectivity index (χ0n) is 14.2. The highest BCUT2D eigenvalue weighted by Gasteiger charge is 2.34. The number of aromatic nitrogens is 5. The molecule has 10 heteroatoms. The number of hydrogen-bond donors (Lipinski definition) is 1. The molecule has 1 N–H and O–H groups in total. The fourth-order valence-electron chi connectivity index (χ4n) is 3.08. The summed E-state index contributed by atoms with van der Waals surface area (Å²) in [5.41, 5.74) is 0.785. The molecule has 9 nitrogen and oxygen atoms in total. The van der Waals surface area contributed by atoms with Gasteiger partial charge in [0, 0.05) is 37.6 Å². The number of amides is 2. The van der Waals surface area contributed by atoms with Gasteiger partial charge >= 0.3 is 6.03 Å². The van der Waals surface area contributed by atoms with Crippen LogP contribution < -0.4 is 10.2 Å². The van der Waals surface area contributed by atoms with Crippen LogP contribution in [0.2, 0.25) is 0 Å². The monoisotopic (exact) mass is 370 g/mol. The molecular formula is C16H18N8OS. The fourth-order valence-corrected chi connectivity index (χ4v) is 3.60. The van der Waals surface area contributed by atoms with E-state index in [9.17, 15) is 4.79 Å². The maximum atomic E-state index is 12.3. The van der Waals surface area contributed by atoms with Gasteiger partial charge in [0.1, 0.15) is 5.82 Å². The smallest absolute Gasteiger partial charge is 0.323 e. The highest BCUT2D eigenvalue weighted by Crippen LogP contribution is 2.38. The topological polar surface area (TPSA) is 91.5 Å². The van der Waals surface area contributed by atoms with E-state index in [4.69, 9.17) is 5.10 Å². The molecule has 0 spiro atoms. The molecule has 5 rings (SSSR count). The highest BCUT2D eigenvalue weighted by atomic mass is 32.1. The third kappa shape index (κ3) is 2.66. The van der Waals surface area contributed by atoms with Crippen molar-refractivity contribution in [3.05, 3.63) is 29.5 Å². The van der Waals surface area contributed by atoms with Gasteiger partial charge in [-0.25, -0.2) is 9.78 Å². The largest absolute Gasteiger partial charge is 0.351 e. The van der Waals surface area contributed by atoms with Crippen molar-refractivity contribution in [3.8, 4) is 0 Å². The molecular weight excluding hydrogens is 352 g/mol. The summed E-state index contributed by atoms with van der Waals surface area (Å²) in [6.07, 6.45) is 4.00. The van der Waals surface area contributed by atoms with Crippen LogP contribution in [0.5, 0.6) is 0 Å². The summed E-state index contributed by atoms with van der Waals surface area (Å²) < 4.78 is 1.86. The number of urea groups is 1. The van der Waals surface area contributed by atoms with Crippen molar-refractivity contribution < 1.29 is 4.79 Å². The van der Waals surface area contributed by atoms with Crippen molar-refractivity contribution in [1.29, 1.82) is 0 Å². The fraction of sp³-hybridized carbons (Fsp3) is 0.438. The van der Waals surface area contributed by atoms with Crippen molar-refractivity contribution in [2.45, 2.75) is 24.8 Å². The summed E-state index contributed by atoms with van der Waals surface area (Å²) >= 11 is 1.41. The van der Waals surface area contributed by atoms with Gasteiger partial charge in [-0.3, -0.25) is 5.32 Å². The summed E-state index contributed by atoms with van der Waals surface area (Å²) in [6.45, 7) is 1.50.